The molecule has 0 saturated carbocycles. The van der Waals surface area contributed by atoms with Crippen molar-refractivity contribution in [1.29, 1.82) is 5.26 Å². The van der Waals surface area contributed by atoms with Crippen LogP contribution in [0.2, 0.25) is 5.02 Å². The molecule has 0 aliphatic rings. The minimum Gasteiger partial charge on any atom is -0.415 e. The Morgan fingerprint density at radius 1 is 0.878 bits per heavy atom. The lowest BCUT2D eigenvalue weighted by molar-refractivity contribution is -0.136. The number of hydrogen-bond donors (Lipinski definition) is 0. The molecule has 5 rings (SSSR count). The summed E-state index contributed by atoms with van der Waals surface area (Å²) in [6.07, 6.45) is 1.41. The van der Waals surface area contributed by atoms with Gasteiger partial charge in [-0.2, -0.15) is 9.99 Å². The molecular weight excluding hydrogens is 538 g/mol. The minimum absolute atomic E-state index is 0.169. The lowest BCUT2D eigenvalue weighted by atomic mass is 10.1. The fourth-order valence-corrected chi connectivity index (χ4v) is 4.49. The standard InChI is InChI=1S/C33H22ClN3O4/c1-22(38)40-27(21-35)19-23-17-18-28(29(34)20-23)32-36-30(24-11-5-2-6-12-24)31(25-13-7-3-8-14-25)37(32)41-33(39)26-15-9-4-10-16-26/h2-20H,1H3. The highest BCUT2D eigenvalue weighted by Gasteiger charge is 2.26. The van der Waals surface area contributed by atoms with Crippen LogP contribution in [-0.2, 0) is 9.53 Å². The Labute approximate surface area is 241 Å². The van der Waals surface area contributed by atoms with Crippen LogP contribution in [0.4, 0.5) is 0 Å². The normalized spacial score (nSPS) is 11.0. The van der Waals surface area contributed by atoms with Gasteiger partial charge in [0.05, 0.1) is 10.6 Å². The predicted octanol–water partition coefficient (Wildman–Crippen LogP) is 7.23. The van der Waals surface area contributed by atoms with Gasteiger partial charge in [-0.3, -0.25) is 4.79 Å². The van der Waals surface area contributed by atoms with E-state index in [1.165, 1.54) is 17.7 Å². The van der Waals surface area contributed by atoms with Crippen molar-refractivity contribution in [2.24, 2.45) is 0 Å². The molecule has 0 radical (unpaired) electrons. The first kappa shape index (κ1) is 27.1. The first-order valence-electron chi connectivity index (χ1n) is 12.6. The summed E-state index contributed by atoms with van der Waals surface area (Å²) in [5.41, 5.74) is 4.14. The summed E-state index contributed by atoms with van der Waals surface area (Å²) in [6.45, 7) is 1.21. The second-order valence-corrected chi connectivity index (χ2v) is 9.26. The number of ether oxygens (including phenoxy) is 1. The number of hydrogen-bond acceptors (Lipinski definition) is 6. The smallest absolute Gasteiger partial charge is 0.363 e. The summed E-state index contributed by atoms with van der Waals surface area (Å²) in [5.74, 6) is -1.05. The summed E-state index contributed by atoms with van der Waals surface area (Å²) >= 11 is 6.76. The summed E-state index contributed by atoms with van der Waals surface area (Å²) in [5, 5.41) is 9.59. The third-order valence-corrected chi connectivity index (χ3v) is 6.32. The van der Waals surface area contributed by atoms with Crippen LogP contribution in [0, 0.1) is 11.3 Å². The maximum atomic E-state index is 13.3. The second kappa shape index (κ2) is 12.2. The summed E-state index contributed by atoms with van der Waals surface area (Å²) < 4.78 is 6.33. The molecular formula is C33H22ClN3O4. The van der Waals surface area contributed by atoms with E-state index in [1.807, 2.05) is 72.8 Å². The van der Waals surface area contributed by atoms with E-state index in [0.29, 0.717) is 33.9 Å². The van der Waals surface area contributed by atoms with Crippen molar-refractivity contribution < 1.29 is 19.2 Å². The highest BCUT2D eigenvalue weighted by atomic mass is 35.5. The second-order valence-electron chi connectivity index (χ2n) is 8.86. The first-order valence-corrected chi connectivity index (χ1v) is 12.9. The Bertz CT molecular complexity index is 1790. The SMILES string of the molecule is CC(=O)OC(C#N)=Cc1ccc(-c2nc(-c3ccccc3)c(-c3ccccc3)n2OC(=O)c2ccccc2)c(Cl)c1. The van der Waals surface area contributed by atoms with Crippen LogP contribution in [0.1, 0.15) is 22.8 Å². The molecule has 0 N–H and O–H groups in total. The van der Waals surface area contributed by atoms with Crippen LogP contribution >= 0.6 is 11.6 Å². The zero-order chi connectivity index (χ0) is 28.8. The van der Waals surface area contributed by atoms with E-state index in [2.05, 4.69) is 0 Å². The van der Waals surface area contributed by atoms with Crippen molar-refractivity contribution in [3.8, 4) is 40.0 Å². The Balaban J connectivity index is 1.71. The largest absolute Gasteiger partial charge is 0.415 e. The van der Waals surface area contributed by atoms with Gasteiger partial charge in [-0.15, -0.1) is 0 Å². The molecule has 0 atom stereocenters. The molecule has 41 heavy (non-hydrogen) atoms. The maximum Gasteiger partial charge on any atom is 0.363 e. The molecule has 0 aliphatic carbocycles. The molecule has 200 valence electrons. The van der Waals surface area contributed by atoms with Gasteiger partial charge in [0.25, 0.3) is 0 Å². The number of nitrogens with zero attached hydrogens (tertiary/aromatic N) is 3. The van der Waals surface area contributed by atoms with E-state index in [9.17, 15) is 14.9 Å². The molecule has 1 heterocycles. The number of nitriles is 1. The Morgan fingerprint density at radius 3 is 2.07 bits per heavy atom. The Hall–Kier alpha value is -5.45. The molecule has 0 amide bonds. The van der Waals surface area contributed by atoms with Crippen molar-refractivity contribution >= 4 is 29.6 Å². The molecule has 0 bridgehead atoms. The van der Waals surface area contributed by atoms with Crippen LogP contribution in [0.5, 0.6) is 0 Å². The van der Waals surface area contributed by atoms with E-state index in [1.54, 1.807) is 42.5 Å². The number of halogens is 1. The number of esters is 1. The molecule has 0 spiro atoms. The summed E-state index contributed by atoms with van der Waals surface area (Å²) in [6, 6.07) is 34.6. The van der Waals surface area contributed by atoms with Crippen molar-refractivity contribution in [3.05, 3.63) is 131 Å². The van der Waals surface area contributed by atoms with Gasteiger partial charge in [0.2, 0.25) is 5.76 Å². The first-order chi connectivity index (χ1) is 19.9. The third-order valence-electron chi connectivity index (χ3n) is 6.01. The third kappa shape index (κ3) is 6.09. The van der Waals surface area contributed by atoms with Gasteiger partial charge < -0.3 is 9.57 Å². The maximum absolute atomic E-state index is 13.3. The number of carbonyl (C=O) groups is 2. The van der Waals surface area contributed by atoms with Crippen molar-refractivity contribution in [2.45, 2.75) is 6.92 Å². The zero-order valence-corrected chi connectivity index (χ0v) is 22.6. The fraction of sp³-hybridized carbons (Fsp3) is 0.0303. The highest BCUT2D eigenvalue weighted by Crippen LogP contribution is 2.38. The molecule has 0 saturated heterocycles. The fourth-order valence-electron chi connectivity index (χ4n) is 4.22. The quantitative estimate of drug-likeness (QED) is 0.119. The minimum atomic E-state index is -0.607. The lowest BCUT2D eigenvalue weighted by Gasteiger charge is -2.14. The van der Waals surface area contributed by atoms with Crippen LogP contribution in [0.25, 0.3) is 40.0 Å². The zero-order valence-electron chi connectivity index (χ0n) is 21.8. The average molecular weight is 560 g/mol. The highest BCUT2D eigenvalue weighted by molar-refractivity contribution is 6.33. The van der Waals surface area contributed by atoms with Gasteiger partial charge in [0, 0.05) is 23.6 Å². The van der Waals surface area contributed by atoms with E-state index < -0.39 is 11.9 Å². The van der Waals surface area contributed by atoms with Gasteiger partial charge in [0.15, 0.2) is 5.82 Å². The number of aromatic nitrogens is 2. The number of carbonyl (C=O) groups excluding carboxylic acids is 2. The summed E-state index contributed by atoms with van der Waals surface area (Å²) in [4.78, 5) is 35.6. The average Bonchev–Trinajstić information content (AvgIpc) is 3.36. The molecule has 4 aromatic carbocycles. The van der Waals surface area contributed by atoms with Gasteiger partial charge in [-0.1, -0.05) is 96.5 Å². The number of imidazole rings is 1. The molecule has 8 heteroatoms. The monoisotopic (exact) mass is 559 g/mol. The van der Waals surface area contributed by atoms with E-state index in [-0.39, 0.29) is 10.8 Å². The van der Waals surface area contributed by atoms with E-state index >= 15 is 0 Å². The van der Waals surface area contributed by atoms with Crippen molar-refractivity contribution in [1.82, 2.24) is 9.71 Å². The number of allylic oxidation sites excluding steroid dienone is 1. The molecule has 0 unspecified atom stereocenters. The lowest BCUT2D eigenvalue weighted by Crippen LogP contribution is -2.21. The molecule has 0 fully saturated rings. The number of rotatable bonds is 7. The number of benzene rings is 4. The Morgan fingerprint density at radius 2 is 1.49 bits per heavy atom. The van der Waals surface area contributed by atoms with Crippen molar-refractivity contribution in [2.75, 3.05) is 0 Å². The molecule has 5 aromatic rings. The van der Waals surface area contributed by atoms with Gasteiger partial charge in [-0.25, -0.2) is 9.78 Å². The van der Waals surface area contributed by atoms with Crippen molar-refractivity contribution in [3.63, 3.8) is 0 Å². The predicted molar refractivity (Wildman–Crippen MR) is 156 cm³/mol. The van der Waals surface area contributed by atoms with Gasteiger partial charge >= 0.3 is 11.9 Å². The van der Waals surface area contributed by atoms with Crippen LogP contribution in [-0.4, -0.2) is 21.7 Å². The van der Waals surface area contributed by atoms with Crippen LogP contribution in [0.15, 0.2) is 115 Å². The molecule has 1 aromatic heterocycles. The molecule has 7 nitrogen and oxygen atoms in total. The molecule has 0 aliphatic heterocycles. The topological polar surface area (TPSA) is 94.2 Å². The summed E-state index contributed by atoms with van der Waals surface area (Å²) in [7, 11) is 0. The van der Waals surface area contributed by atoms with Gasteiger partial charge in [-0.05, 0) is 35.9 Å². The van der Waals surface area contributed by atoms with Crippen LogP contribution in [0.3, 0.4) is 0 Å². The van der Waals surface area contributed by atoms with Crippen LogP contribution < -0.4 is 4.84 Å². The van der Waals surface area contributed by atoms with E-state index in [4.69, 9.17) is 26.2 Å². The van der Waals surface area contributed by atoms with Gasteiger partial charge in [0.1, 0.15) is 17.5 Å². The van der Waals surface area contributed by atoms with E-state index in [0.717, 1.165) is 11.1 Å². The Kier molecular flexibility index (Phi) is 8.05.